The highest BCUT2D eigenvalue weighted by molar-refractivity contribution is 6.30. The molecule has 1 aliphatic carbocycles. The summed E-state index contributed by atoms with van der Waals surface area (Å²) in [6, 6.07) is 21.7. The van der Waals surface area contributed by atoms with Crippen LogP contribution in [0.1, 0.15) is 49.3 Å². The normalized spacial score (nSPS) is 15.4. The molecular weight excluding hydrogens is 326 g/mol. The number of aryl methyl sites for hydroxylation is 1. The van der Waals surface area contributed by atoms with E-state index in [0.29, 0.717) is 0 Å². The van der Waals surface area contributed by atoms with Gasteiger partial charge >= 0.3 is 0 Å². The Kier molecular flexibility index (Phi) is 4.67. The smallest absolute Gasteiger partial charge is 0.0531 e. The van der Waals surface area contributed by atoms with Crippen LogP contribution in [0.5, 0.6) is 0 Å². The second-order valence-corrected chi connectivity index (χ2v) is 7.57. The van der Waals surface area contributed by atoms with Crippen molar-refractivity contribution in [2.24, 2.45) is 0 Å². The lowest BCUT2D eigenvalue weighted by Crippen LogP contribution is -2.04. The van der Waals surface area contributed by atoms with Crippen molar-refractivity contribution in [3.63, 3.8) is 0 Å². The zero-order chi connectivity index (χ0) is 17.2. The average molecular weight is 350 g/mol. The minimum Gasteiger partial charge on any atom is -0.314 e. The van der Waals surface area contributed by atoms with Crippen LogP contribution < -0.4 is 0 Å². The quantitative estimate of drug-likeness (QED) is 0.473. The fraction of sp³-hybridized carbons (Fsp3) is 0.304. The van der Waals surface area contributed by atoms with Gasteiger partial charge in [0.1, 0.15) is 0 Å². The summed E-state index contributed by atoms with van der Waals surface area (Å²) < 4.78 is 2.30. The maximum Gasteiger partial charge on any atom is 0.0531 e. The summed E-state index contributed by atoms with van der Waals surface area (Å²) in [5, 5.41) is 0.770. The molecule has 1 nitrogen and oxygen atoms in total. The van der Waals surface area contributed by atoms with Gasteiger partial charge < -0.3 is 4.57 Å². The van der Waals surface area contributed by atoms with E-state index in [1.807, 2.05) is 12.1 Å². The highest BCUT2D eigenvalue weighted by atomic mass is 35.5. The second-order valence-electron chi connectivity index (χ2n) is 7.13. The molecule has 0 bridgehead atoms. The number of nitrogens with zero attached hydrogens (tertiary/aromatic N) is 1. The van der Waals surface area contributed by atoms with Crippen molar-refractivity contribution in [2.75, 3.05) is 0 Å². The molecule has 0 atom stereocenters. The van der Waals surface area contributed by atoms with Crippen LogP contribution in [-0.2, 0) is 0 Å². The molecule has 2 heteroatoms. The predicted octanol–water partition coefficient (Wildman–Crippen LogP) is 7.15. The van der Waals surface area contributed by atoms with Crippen LogP contribution in [0.15, 0.2) is 60.7 Å². The van der Waals surface area contributed by atoms with Crippen LogP contribution in [-0.4, -0.2) is 4.57 Å². The van der Waals surface area contributed by atoms with Gasteiger partial charge in [0.15, 0.2) is 0 Å². The van der Waals surface area contributed by atoms with Crippen molar-refractivity contribution >= 4 is 11.6 Å². The third kappa shape index (κ3) is 3.39. The van der Waals surface area contributed by atoms with Gasteiger partial charge in [0.05, 0.1) is 5.69 Å². The third-order valence-electron chi connectivity index (χ3n) is 5.44. The van der Waals surface area contributed by atoms with Crippen molar-refractivity contribution in [3.8, 4) is 16.9 Å². The molecule has 0 unspecified atom stereocenters. The SMILES string of the molecule is Cc1ccc(-c2ccc(C3CCCCC3)cc2)n1-c1ccc(Cl)cc1. The summed E-state index contributed by atoms with van der Waals surface area (Å²) in [5.41, 5.74) is 6.38. The van der Waals surface area contributed by atoms with Crippen molar-refractivity contribution in [2.45, 2.75) is 44.9 Å². The predicted molar refractivity (Wildman–Crippen MR) is 107 cm³/mol. The van der Waals surface area contributed by atoms with Crippen LogP contribution >= 0.6 is 11.6 Å². The number of aromatic nitrogens is 1. The maximum absolute atomic E-state index is 6.05. The van der Waals surface area contributed by atoms with Gasteiger partial charge in [0.25, 0.3) is 0 Å². The Morgan fingerprint density at radius 2 is 1.48 bits per heavy atom. The molecule has 0 amide bonds. The topological polar surface area (TPSA) is 4.93 Å². The lowest BCUT2D eigenvalue weighted by atomic mass is 9.84. The fourth-order valence-electron chi connectivity index (χ4n) is 4.06. The number of hydrogen-bond donors (Lipinski definition) is 0. The van der Waals surface area contributed by atoms with Crippen LogP contribution in [0.25, 0.3) is 16.9 Å². The number of rotatable bonds is 3. The van der Waals surface area contributed by atoms with Gasteiger partial charge in [-0.1, -0.05) is 55.1 Å². The fourth-order valence-corrected chi connectivity index (χ4v) is 4.18. The Balaban J connectivity index is 1.67. The van der Waals surface area contributed by atoms with E-state index in [4.69, 9.17) is 11.6 Å². The molecule has 128 valence electrons. The van der Waals surface area contributed by atoms with Gasteiger partial charge in [-0.15, -0.1) is 0 Å². The minimum atomic E-state index is 0.757. The van der Waals surface area contributed by atoms with Gasteiger partial charge in [-0.3, -0.25) is 0 Å². The Hall–Kier alpha value is -1.99. The maximum atomic E-state index is 6.05. The molecule has 1 saturated carbocycles. The molecule has 0 radical (unpaired) electrons. The molecule has 3 aromatic rings. The molecular formula is C23H24ClN. The van der Waals surface area contributed by atoms with Gasteiger partial charge in [0.2, 0.25) is 0 Å². The monoisotopic (exact) mass is 349 g/mol. The third-order valence-corrected chi connectivity index (χ3v) is 5.70. The molecule has 0 aliphatic heterocycles. The second kappa shape index (κ2) is 7.09. The summed E-state index contributed by atoms with van der Waals surface area (Å²) >= 11 is 6.05. The molecule has 1 aromatic heterocycles. The van der Waals surface area contributed by atoms with Crippen LogP contribution in [0.2, 0.25) is 5.02 Å². The lowest BCUT2D eigenvalue weighted by molar-refractivity contribution is 0.443. The molecule has 0 N–H and O–H groups in total. The molecule has 1 aliphatic rings. The van der Waals surface area contributed by atoms with Crippen molar-refractivity contribution < 1.29 is 0 Å². The molecule has 4 rings (SSSR count). The van der Waals surface area contributed by atoms with Crippen molar-refractivity contribution in [3.05, 3.63) is 76.9 Å². The highest BCUT2D eigenvalue weighted by Crippen LogP contribution is 2.34. The van der Waals surface area contributed by atoms with E-state index in [0.717, 1.165) is 16.6 Å². The highest BCUT2D eigenvalue weighted by Gasteiger charge is 2.16. The molecule has 0 spiro atoms. The number of benzene rings is 2. The summed E-state index contributed by atoms with van der Waals surface area (Å²) in [6.45, 7) is 2.15. The summed E-state index contributed by atoms with van der Waals surface area (Å²) in [5.74, 6) is 0.757. The molecule has 1 fully saturated rings. The van der Waals surface area contributed by atoms with E-state index >= 15 is 0 Å². The molecule has 2 aromatic carbocycles. The Bertz CT molecular complexity index is 837. The van der Waals surface area contributed by atoms with Gasteiger partial charge in [0, 0.05) is 16.4 Å². The summed E-state index contributed by atoms with van der Waals surface area (Å²) in [4.78, 5) is 0. The molecule has 1 heterocycles. The number of halogens is 1. The molecule has 0 saturated heterocycles. The first kappa shape index (κ1) is 16.5. The van der Waals surface area contributed by atoms with Gasteiger partial charge in [-0.2, -0.15) is 0 Å². The summed E-state index contributed by atoms with van der Waals surface area (Å²) in [7, 11) is 0. The standard InChI is InChI=1S/C23H24ClN/c1-17-7-16-23(25(17)22-14-12-21(24)13-15-22)20-10-8-19(9-11-20)18-5-3-2-4-6-18/h7-16,18H,2-6H2,1H3. The van der Waals surface area contributed by atoms with Crippen molar-refractivity contribution in [1.29, 1.82) is 0 Å². The average Bonchev–Trinajstić information content (AvgIpc) is 3.05. The Labute approximate surface area is 155 Å². The zero-order valence-corrected chi connectivity index (χ0v) is 15.5. The van der Waals surface area contributed by atoms with E-state index in [-0.39, 0.29) is 0 Å². The van der Waals surface area contributed by atoms with Crippen LogP contribution in [0.3, 0.4) is 0 Å². The van der Waals surface area contributed by atoms with E-state index in [2.05, 4.69) is 60.0 Å². The van der Waals surface area contributed by atoms with Gasteiger partial charge in [-0.05, 0) is 73.2 Å². The van der Waals surface area contributed by atoms with Crippen molar-refractivity contribution in [1.82, 2.24) is 4.57 Å². The molecule has 25 heavy (non-hydrogen) atoms. The van der Waals surface area contributed by atoms with E-state index in [1.165, 1.54) is 54.6 Å². The first-order valence-corrected chi connectivity index (χ1v) is 9.65. The van der Waals surface area contributed by atoms with E-state index < -0.39 is 0 Å². The largest absolute Gasteiger partial charge is 0.314 e. The zero-order valence-electron chi connectivity index (χ0n) is 14.7. The van der Waals surface area contributed by atoms with E-state index in [9.17, 15) is 0 Å². The van der Waals surface area contributed by atoms with Crippen LogP contribution in [0.4, 0.5) is 0 Å². The Morgan fingerprint density at radius 1 is 0.800 bits per heavy atom. The van der Waals surface area contributed by atoms with Crippen LogP contribution in [0, 0.1) is 6.92 Å². The van der Waals surface area contributed by atoms with Gasteiger partial charge in [-0.25, -0.2) is 0 Å². The summed E-state index contributed by atoms with van der Waals surface area (Å²) in [6.07, 6.45) is 6.86. The first-order chi connectivity index (χ1) is 12.2. The lowest BCUT2D eigenvalue weighted by Gasteiger charge is -2.22. The Morgan fingerprint density at radius 3 is 2.16 bits per heavy atom. The number of hydrogen-bond acceptors (Lipinski definition) is 0. The first-order valence-electron chi connectivity index (χ1n) is 9.27. The van der Waals surface area contributed by atoms with E-state index in [1.54, 1.807) is 0 Å². The minimum absolute atomic E-state index is 0.757.